The summed E-state index contributed by atoms with van der Waals surface area (Å²) in [5.74, 6) is -0.00410. The Morgan fingerprint density at radius 3 is 2.47 bits per heavy atom. The Hall–Kier alpha value is -3.31. The zero-order chi connectivity index (χ0) is 23.1. The summed E-state index contributed by atoms with van der Waals surface area (Å²) in [6.07, 6.45) is -1.69. The second-order valence-electron chi connectivity index (χ2n) is 8.41. The van der Waals surface area contributed by atoms with Crippen molar-refractivity contribution in [3.05, 3.63) is 41.4 Å². The monoisotopic (exact) mass is 453 g/mol. The summed E-state index contributed by atoms with van der Waals surface area (Å²) < 4.78 is 43.2. The maximum Gasteiger partial charge on any atom is 0.417 e. The van der Waals surface area contributed by atoms with Gasteiger partial charge in [-0.15, -0.1) is 0 Å². The Labute approximate surface area is 181 Å². The highest BCUT2D eigenvalue weighted by molar-refractivity contribution is 5.90. The third-order valence-electron chi connectivity index (χ3n) is 6.38. The molecule has 9 nitrogen and oxygen atoms in total. The summed E-state index contributed by atoms with van der Waals surface area (Å²) in [4.78, 5) is 30.1. The summed E-state index contributed by atoms with van der Waals surface area (Å²) in [6, 6.07) is 3.56. The Bertz CT molecular complexity index is 991. The van der Waals surface area contributed by atoms with Crippen LogP contribution in [0.15, 0.2) is 28.9 Å². The topological polar surface area (TPSA) is 126 Å². The molecule has 2 amide bonds. The number of nitrogens with two attached hydrogens (primary N) is 1. The largest absolute Gasteiger partial charge is 0.465 e. The fourth-order valence-corrected chi connectivity index (χ4v) is 4.54. The highest BCUT2D eigenvalue weighted by Gasteiger charge is 2.49. The van der Waals surface area contributed by atoms with E-state index in [2.05, 4.69) is 10.1 Å². The van der Waals surface area contributed by atoms with Crippen LogP contribution < -0.4 is 10.6 Å². The zero-order valence-corrected chi connectivity index (χ0v) is 17.0. The first-order chi connectivity index (χ1) is 15.1. The van der Waals surface area contributed by atoms with Gasteiger partial charge in [-0.25, -0.2) is 9.78 Å². The summed E-state index contributed by atoms with van der Waals surface area (Å²) in [5.41, 5.74) is 4.31. The number of alkyl halides is 3. The van der Waals surface area contributed by atoms with Gasteiger partial charge in [0.15, 0.2) is 11.5 Å². The molecule has 1 spiro atoms. The summed E-state index contributed by atoms with van der Waals surface area (Å²) in [7, 11) is 0. The molecule has 172 valence electrons. The predicted molar refractivity (Wildman–Crippen MR) is 105 cm³/mol. The van der Waals surface area contributed by atoms with Crippen molar-refractivity contribution in [2.24, 2.45) is 11.1 Å². The number of anilines is 1. The smallest absolute Gasteiger partial charge is 0.417 e. The van der Waals surface area contributed by atoms with Gasteiger partial charge in [0.1, 0.15) is 5.82 Å². The summed E-state index contributed by atoms with van der Waals surface area (Å²) in [5, 5.41) is 13.1. The maximum atomic E-state index is 12.7. The van der Waals surface area contributed by atoms with Crippen molar-refractivity contribution in [3.8, 4) is 0 Å². The lowest BCUT2D eigenvalue weighted by atomic mass is 9.60. The fourth-order valence-electron chi connectivity index (χ4n) is 4.54. The molecule has 2 aromatic rings. The van der Waals surface area contributed by atoms with Crippen molar-refractivity contribution in [3.63, 3.8) is 0 Å². The first kappa shape index (κ1) is 21.9. The molecule has 0 radical (unpaired) electrons. The molecular formula is C20H22F3N5O4. The molecular weight excluding hydrogens is 431 g/mol. The Balaban J connectivity index is 1.33. The van der Waals surface area contributed by atoms with Gasteiger partial charge in [0.2, 0.25) is 0 Å². The van der Waals surface area contributed by atoms with Gasteiger partial charge in [-0.2, -0.15) is 13.2 Å². The number of carbonyl (C=O) groups excluding carboxylic acids is 1. The molecule has 12 heteroatoms. The molecule has 0 aromatic carbocycles. The molecule has 0 atom stereocenters. The molecule has 1 saturated heterocycles. The van der Waals surface area contributed by atoms with E-state index in [-0.39, 0.29) is 29.5 Å². The molecule has 0 bridgehead atoms. The van der Waals surface area contributed by atoms with Gasteiger partial charge in [-0.05, 0) is 43.2 Å². The van der Waals surface area contributed by atoms with Gasteiger partial charge < -0.3 is 20.3 Å². The highest BCUT2D eigenvalue weighted by atomic mass is 19.4. The molecule has 2 fully saturated rings. The molecule has 2 aromatic heterocycles. The first-order valence-electron chi connectivity index (χ1n) is 10.1. The molecule has 2 aliphatic rings. The fraction of sp³-hybridized carbons (Fsp3) is 0.500. The van der Waals surface area contributed by atoms with E-state index in [9.17, 15) is 27.9 Å². The van der Waals surface area contributed by atoms with E-state index in [0.717, 1.165) is 25.1 Å². The summed E-state index contributed by atoms with van der Waals surface area (Å²) in [6.45, 7) is 1.25. The zero-order valence-electron chi connectivity index (χ0n) is 17.0. The van der Waals surface area contributed by atoms with Crippen molar-refractivity contribution in [2.75, 3.05) is 18.0 Å². The molecule has 1 aliphatic carbocycles. The Kier molecular flexibility index (Phi) is 5.47. The minimum Gasteiger partial charge on any atom is -0.465 e. The third-order valence-corrected chi connectivity index (χ3v) is 6.38. The number of halogens is 3. The minimum atomic E-state index is -4.42. The molecule has 3 N–H and O–H groups in total. The van der Waals surface area contributed by atoms with E-state index in [1.165, 1.54) is 17.0 Å². The van der Waals surface area contributed by atoms with Crippen LogP contribution in [0.1, 0.15) is 47.5 Å². The van der Waals surface area contributed by atoms with Gasteiger partial charge in [-0.1, -0.05) is 5.16 Å². The van der Waals surface area contributed by atoms with Crippen molar-refractivity contribution in [1.29, 1.82) is 0 Å². The van der Waals surface area contributed by atoms with E-state index in [4.69, 9.17) is 10.3 Å². The van der Waals surface area contributed by atoms with E-state index in [1.54, 1.807) is 0 Å². The van der Waals surface area contributed by atoms with Gasteiger partial charge in [0, 0.05) is 31.4 Å². The van der Waals surface area contributed by atoms with E-state index < -0.39 is 23.7 Å². The van der Waals surface area contributed by atoms with Crippen molar-refractivity contribution in [1.82, 2.24) is 15.0 Å². The molecule has 0 unspecified atom stereocenters. The normalized spacial score (nSPS) is 18.4. The quantitative estimate of drug-likeness (QED) is 0.712. The lowest BCUT2D eigenvalue weighted by Gasteiger charge is -2.54. The number of nitrogens with zero attached hydrogens (tertiary/aromatic N) is 4. The van der Waals surface area contributed by atoms with Crippen LogP contribution in [0.2, 0.25) is 0 Å². The number of hydrogen-bond donors (Lipinski definition) is 2. The van der Waals surface area contributed by atoms with E-state index in [1.807, 2.05) is 4.90 Å². The van der Waals surface area contributed by atoms with Crippen LogP contribution in [-0.2, 0) is 12.7 Å². The SMILES string of the molecule is NC(=O)c1cc(CN(C(=O)O)C2CC3(CCN(c4ccc(C(F)(F)F)cn4)CC3)C2)on1. The number of primary amides is 1. The van der Waals surface area contributed by atoms with Crippen LogP contribution in [0.4, 0.5) is 23.8 Å². The number of amides is 2. The average Bonchev–Trinajstić information content (AvgIpc) is 3.19. The highest BCUT2D eigenvalue weighted by Crippen LogP contribution is 2.51. The van der Waals surface area contributed by atoms with Crippen molar-refractivity contribution >= 4 is 17.8 Å². The van der Waals surface area contributed by atoms with Crippen molar-refractivity contribution < 1.29 is 32.4 Å². The standard InChI is InChI=1S/C20H22F3N5O4/c21-20(22,23)12-1-2-16(25-10-12)27-5-3-19(4-6-27)8-13(9-19)28(18(30)31)11-14-7-15(17(24)29)26-32-14/h1-2,7,10,13H,3-6,8-9,11H2,(H2,24,29)(H,30,31). The van der Waals surface area contributed by atoms with Crippen LogP contribution >= 0.6 is 0 Å². The lowest BCUT2D eigenvalue weighted by molar-refractivity contribution is -0.137. The van der Waals surface area contributed by atoms with E-state index in [0.29, 0.717) is 31.7 Å². The minimum absolute atomic E-state index is 0.000571. The molecule has 3 heterocycles. The molecule has 4 rings (SSSR count). The molecule has 1 aliphatic heterocycles. The number of carbonyl (C=O) groups is 2. The number of piperidine rings is 1. The second-order valence-corrected chi connectivity index (χ2v) is 8.41. The van der Waals surface area contributed by atoms with Gasteiger partial charge in [0.05, 0.1) is 12.1 Å². The number of rotatable bonds is 5. The number of carboxylic acid groups (broad SMARTS) is 1. The van der Waals surface area contributed by atoms with E-state index >= 15 is 0 Å². The van der Waals surface area contributed by atoms with Gasteiger partial charge >= 0.3 is 12.3 Å². The number of pyridine rings is 1. The Morgan fingerprint density at radius 2 is 1.97 bits per heavy atom. The Morgan fingerprint density at radius 1 is 1.28 bits per heavy atom. The van der Waals surface area contributed by atoms with Gasteiger partial charge in [0.25, 0.3) is 5.91 Å². The molecule has 32 heavy (non-hydrogen) atoms. The number of hydrogen-bond acceptors (Lipinski definition) is 6. The first-order valence-corrected chi connectivity index (χ1v) is 10.1. The van der Waals surface area contributed by atoms with Crippen LogP contribution in [0.3, 0.4) is 0 Å². The number of aromatic nitrogens is 2. The third kappa shape index (κ3) is 4.34. The van der Waals surface area contributed by atoms with Crippen LogP contribution in [0.25, 0.3) is 0 Å². The van der Waals surface area contributed by atoms with Crippen LogP contribution in [-0.4, -0.2) is 51.3 Å². The van der Waals surface area contributed by atoms with Crippen molar-refractivity contribution in [2.45, 2.75) is 44.4 Å². The second kappa shape index (κ2) is 7.99. The van der Waals surface area contributed by atoms with Crippen LogP contribution in [0, 0.1) is 5.41 Å². The summed E-state index contributed by atoms with van der Waals surface area (Å²) >= 11 is 0. The molecule has 1 saturated carbocycles. The maximum absolute atomic E-state index is 12.7. The van der Waals surface area contributed by atoms with Gasteiger partial charge in [-0.3, -0.25) is 9.69 Å². The average molecular weight is 453 g/mol. The van der Waals surface area contributed by atoms with Crippen LogP contribution in [0.5, 0.6) is 0 Å². The lowest BCUT2D eigenvalue weighted by Crippen LogP contribution is -2.56. The predicted octanol–water partition coefficient (Wildman–Crippen LogP) is 3.12.